The Bertz CT molecular complexity index is 665. The first-order chi connectivity index (χ1) is 8.75. The zero-order chi connectivity index (χ0) is 14.4. The highest BCUT2D eigenvalue weighted by Gasteiger charge is 2.36. The van der Waals surface area contributed by atoms with Crippen LogP contribution in [0.15, 0.2) is 0 Å². The van der Waals surface area contributed by atoms with E-state index in [2.05, 4.69) is 15.0 Å². The molecule has 2 heterocycles. The van der Waals surface area contributed by atoms with Crippen molar-refractivity contribution in [1.29, 1.82) is 0 Å². The van der Waals surface area contributed by atoms with Crippen LogP contribution in [0.25, 0.3) is 11.2 Å². The lowest BCUT2D eigenvalue weighted by molar-refractivity contribution is -0.144. The summed E-state index contributed by atoms with van der Waals surface area (Å²) in [6, 6.07) is 0. The van der Waals surface area contributed by atoms with Crippen LogP contribution in [0.4, 0.5) is 13.2 Å². The van der Waals surface area contributed by atoms with Gasteiger partial charge in [-0.25, -0.2) is 15.0 Å². The lowest BCUT2D eigenvalue weighted by atomic mass is 10.4. The summed E-state index contributed by atoms with van der Waals surface area (Å²) in [5.74, 6) is -1.73. The maximum atomic E-state index is 12.6. The van der Waals surface area contributed by atoms with E-state index in [0.717, 1.165) is 0 Å². The molecule has 0 aliphatic heterocycles. The van der Waals surface area contributed by atoms with Gasteiger partial charge in [0.15, 0.2) is 22.4 Å². The Morgan fingerprint density at radius 1 is 1.32 bits per heavy atom. The Kier molecular flexibility index (Phi) is 3.21. The smallest absolute Gasteiger partial charge is 0.306 e. The van der Waals surface area contributed by atoms with Gasteiger partial charge in [0.1, 0.15) is 5.52 Å². The number of hydrogen-bond donors (Lipinski definition) is 0. The lowest BCUT2D eigenvalue weighted by Gasteiger charge is -2.06. The number of ketones is 1. The molecule has 2 rings (SSSR count). The normalized spacial score (nSPS) is 12.1. The monoisotopic (exact) mass is 292 g/mol. The van der Waals surface area contributed by atoms with E-state index in [1.54, 1.807) is 6.92 Å². The van der Waals surface area contributed by atoms with Crippen molar-refractivity contribution in [2.75, 3.05) is 0 Å². The Labute approximate surface area is 110 Å². The van der Waals surface area contributed by atoms with E-state index in [0.29, 0.717) is 0 Å². The average Bonchev–Trinajstić information content (AvgIpc) is 2.66. The van der Waals surface area contributed by atoms with Crippen LogP contribution in [0, 0.1) is 0 Å². The van der Waals surface area contributed by atoms with E-state index < -0.39 is 17.2 Å². The standard InChI is InChI=1S/C10H8ClF3N4O/c1-3-18-7(4(2)19)15-5-6(11)16-9(10(12,13)14)17-8(5)18/h3H2,1-2H3. The summed E-state index contributed by atoms with van der Waals surface area (Å²) < 4.78 is 39.1. The minimum atomic E-state index is -4.71. The Hall–Kier alpha value is -1.70. The minimum Gasteiger partial charge on any atom is -0.306 e. The van der Waals surface area contributed by atoms with E-state index in [4.69, 9.17) is 11.6 Å². The fourth-order valence-electron chi connectivity index (χ4n) is 1.66. The minimum absolute atomic E-state index is 0.00743. The van der Waals surface area contributed by atoms with Crippen LogP contribution in [-0.4, -0.2) is 25.3 Å². The van der Waals surface area contributed by atoms with Crippen molar-refractivity contribution in [3.8, 4) is 0 Å². The molecule has 0 radical (unpaired) electrons. The van der Waals surface area contributed by atoms with Crippen LogP contribution in [-0.2, 0) is 12.7 Å². The van der Waals surface area contributed by atoms with Crippen LogP contribution >= 0.6 is 11.6 Å². The van der Waals surface area contributed by atoms with Gasteiger partial charge >= 0.3 is 6.18 Å². The summed E-state index contributed by atoms with van der Waals surface area (Å²) in [4.78, 5) is 21.9. The second kappa shape index (κ2) is 4.44. The molecule has 0 N–H and O–H groups in total. The van der Waals surface area contributed by atoms with Crippen LogP contribution in [0.1, 0.15) is 30.3 Å². The van der Waals surface area contributed by atoms with Gasteiger partial charge in [0.05, 0.1) is 0 Å². The SMILES string of the molecule is CCn1c(C(C)=O)nc2c(Cl)nc(C(F)(F)F)nc21. The highest BCUT2D eigenvalue weighted by atomic mass is 35.5. The number of aromatic nitrogens is 4. The zero-order valence-corrected chi connectivity index (χ0v) is 10.7. The number of imidazole rings is 1. The fraction of sp³-hybridized carbons (Fsp3) is 0.400. The van der Waals surface area contributed by atoms with Crippen molar-refractivity contribution in [1.82, 2.24) is 19.5 Å². The van der Waals surface area contributed by atoms with E-state index in [9.17, 15) is 18.0 Å². The first kappa shape index (κ1) is 13.7. The largest absolute Gasteiger partial charge is 0.451 e. The lowest BCUT2D eigenvalue weighted by Crippen LogP contribution is -2.13. The summed E-state index contributed by atoms with van der Waals surface area (Å²) in [6.07, 6.45) is -4.71. The van der Waals surface area contributed by atoms with Gasteiger partial charge in [-0.2, -0.15) is 13.2 Å². The van der Waals surface area contributed by atoms with Gasteiger partial charge < -0.3 is 4.57 Å². The van der Waals surface area contributed by atoms with Crippen LogP contribution in [0.3, 0.4) is 0 Å². The van der Waals surface area contributed by atoms with E-state index >= 15 is 0 Å². The third kappa shape index (κ3) is 2.27. The molecule has 0 bridgehead atoms. The van der Waals surface area contributed by atoms with Crippen molar-refractivity contribution in [3.63, 3.8) is 0 Å². The van der Waals surface area contributed by atoms with Gasteiger partial charge in [0.2, 0.25) is 5.82 Å². The maximum Gasteiger partial charge on any atom is 0.451 e. The molecule has 0 saturated carbocycles. The van der Waals surface area contributed by atoms with Crippen molar-refractivity contribution >= 4 is 28.5 Å². The van der Waals surface area contributed by atoms with E-state index in [1.165, 1.54) is 11.5 Å². The Balaban J connectivity index is 2.83. The zero-order valence-electron chi connectivity index (χ0n) is 9.92. The molecule has 9 heteroatoms. The first-order valence-electron chi connectivity index (χ1n) is 5.27. The van der Waals surface area contributed by atoms with Crippen molar-refractivity contribution in [3.05, 3.63) is 16.8 Å². The van der Waals surface area contributed by atoms with Crippen LogP contribution in [0.2, 0.25) is 5.15 Å². The number of carbonyl (C=O) groups is 1. The molecule has 5 nitrogen and oxygen atoms in total. The summed E-state index contributed by atoms with van der Waals surface area (Å²) in [5.41, 5.74) is -0.109. The Morgan fingerprint density at radius 2 is 1.95 bits per heavy atom. The summed E-state index contributed by atoms with van der Waals surface area (Å²) in [7, 11) is 0. The van der Waals surface area contributed by atoms with Crippen LogP contribution in [0.5, 0.6) is 0 Å². The van der Waals surface area contributed by atoms with Crippen molar-refractivity contribution in [2.24, 2.45) is 0 Å². The first-order valence-corrected chi connectivity index (χ1v) is 5.65. The van der Waals surface area contributed by atoms with E-state index in [-0.39, 0.29) is 29.3 Å². The molecule has 0 unspecified atom stereocenters. The van der Waals surface area contributed by atoms with Gasteiger partial charge in [-0.15, -0.1) is 0 Å². The number of halogens is 4. The molecule has 102 valence electrons. The highest BCUT2D eigenvalue weighted by molar-refractivity contribution is 6.33. The number of alkyl halides is 3. The second-order valence-corrected chi connectivity index (χ2v) is 4.10. The summed E-state index contributed by atoms with van der Waals surface area (Å²) >= 11 is 5.68. The second-order valence-electron chi connectivity index (χ2n) is 3.74. The number of hydrogen-bond acceptors (Lipinski definition) is 4. The molecule has 2 aromatic rings. The van der Waals surface area contributed by atoms with Crippen LogP contribution < -0.4 is 0 Å². The fourth-order valence-corrected chi connectivity index (χ4v) is 1.87. The topological polar surface area (TPSA) is 60.7 Å². The quantitative estimate of drug-likeness (QED) is 0.631. The summed E-state index contributed by atoms with van der Waals surface area (Å²) in [6.45, 7) is 3.17. The number of fused-ring (bicyclic) bond motifs is 1. The average molecular weight is 293 g/mol. The van der Waals surface area contributed by atoms with Crippen molar-refractivity contribution < 1.29 is 18.0 Å². The third-order valence-corrected chi connectivity index (χ3v) is 2.70. The molecule has 0 aliphatic carbocycles. The van der Waals surface area contributed by atoms with Gasteiger partial charge in [0, 0.05) is 13.5 Å². The van der Waals surface area contributed by atoms with Gasteiger partial charge in [0.25, 0.3) is 0 Å². The molecule has 0 spiro atoms. The Morgan fingerprint density at radius 3 is 2.42 bits per heavy atom. The molecular weight excluding hydrogens is 285 g/mol. The molecule has 0 aromatic carbocycles. The van der Waals surface area contributed by atoms with Gasteiger partial charge in [-0.05, 0) is 6.92 Å². The predicted molar refractivity (Wildman–Crippen MR) is 61.0 cm³/mol. The summed E-state index contributed by atoms with van der Waals surface area (Å²) in [5, 5.41) is -0.424. The molecule has 0 atom stereocenters. The van der Waals surface area contributed by atoms with Gasteiger partial charge in [-0.3, -0.25) is 4.79 Å². The van der Waals surface area contributed by atoms with Gasteiger partial charge in [-0.1, -0.05) is 11.6 Å². The number of aryl methyl sites for hydroxylation is 1. The molecule has 0 fully saturated rings. The number of carbonyl (C=O) groups excluding carboxylic acids is 1. The molecular formula is C10H8ClF3N4O. The molecule has 0 aliphatic rings. The van der Waals surface area contributed by atoms with Crippen molar-refractivity contribution in [2.45, 2.75) is 26.6 Å². The predicted octanol–water partition coefficient (Wildman–Crippen LogP) is 2.72. The molecule has 2 aromatic heterocycles. The number of nitrogens with zero attached hydrogens (tertiary/aromatic N) is 4. The number of Topliss-reactive ketones (excluding diaryl/α,β-unsaturated/α-hetero) is 1. The highest BCUT2D eigenvalue weighted by Crippen LogP contribution is 2.30. The van der Waals surface area contributed by atoms with E-state index in [1.807, 2.05) is 0 Å². The molecule has 0 amide bonds. The molecule has 0 saturated heterocycles. The number of rotatable bonds is 2. The molecule has 19 heavy (non-hydrogen) atoms. The third-order valence-electron chi connectivity index (χ3n) is 2.44. The maximum absolute atomic E-state index is 12.6.